The molecule has 96 valence electrons. The summed E-state index contributed by atoms with van der Waals surface area (Å²) in [5.41, 5.74) is 9.96. The lowest BCUT2D eigenvalue weighted by Gasteiger charge is -2.14. The average molecular weight is 261 g/mol. The van der Waals surface area contributed by atoms with E-state index in [2.05, 4.69) is 36.5 Å². The number of hydrogen-bond donors (Lipinski definition) is 2. The Bertz CT molecular complexity index is 552. The Hall–Kier alpha value is -1.55. The number of nitrogen functional groups attached to an aromatic ring is 1. The van der Waals surface area contributed by atoms with Gasteiger partial charge in [0.15, 0.2) is 5.13 Å². The van der Waals surface area contributed by atoms with Gasteiger partial charge in [0.05, 0.1) is 5.69 Å². The topological polar surface area (TPSA) is 50.9 Å². The number of benzene rings is 1. The zero-order chi connectivity index (χ0) is 13.3. The van der Waals surface area contributed by atoms with Gasteiger partial charge in [-0.2, -0.15) is 0 Å². The van der Waals surface area contributed by atoms with Crippen molar-refractivity contribution >= 4 is 27.8 Å². The van der Waals surface area contributed by atoms with Gasteiger partial charge in [-0.25, -0.2) is 4.98 Å². The molecule has 0 spiro atoms. The molecular weight excluding hydrogens is 242 g/mol. The van der Waals surface area contributed by atoms with E-state index < -0.39 is 0 Å². The van der Waals surface area contributed by atoms with Crippen LogP contribution in [0.3, 0.4) is 0 Å². The van der Waals surface area contributed by atoms with Gasteiger partial charge in [0.25, 0.3) is 0 Å². The zero-order valence-corrected chi connectivity index (χ0v) is 12.1. The molecule has 0 radical (unpaired) electrons. The second-order valence-electron chi connectivity index (χ2n) is 5.48. The number of anilines is 3. The molecule has 18 heavy (non-hydrogen) atoms. The molecule has 0 aliphatic carbocycles. The first kappa shape index (κ1) is 12.9. The Balaban J connectivity index is 2.19. The Morgan fingerprint density at radius 2 is 2.00 bits per heavy atom. The maximum Gasteiger partial charge on any atom is 0.187 e. The Kier molecular flexibility index (Phi) is 3.30. The molecule has 0 bridgehead atoms. The molecule has 4 heteroatoms. The van der Waals surface area contributed by atoms with Crippen LogP contribution in [0.5, 0.6) is 0 Å². The summed E-state index contributed by atoms with van der Waals surface area (Å²) < 4.78 is 0. The molecule has 0 amide bonds. The molecule has 3 N–H and O–H groups in total. The first-order valence-corrected chi connectivity index (χ1v) is 6.83. The molecule has 2 aromatic rings. The van der Waals surface area contributed by atoms with E-state index >= 15 is 0 Å². The first-order chi connectivity index (χ1) is 8.36. The fourth-order valence-electron chi connectivity index (χ4n) is 1.52. The lowest BCUT2D eigenvalue weighted by molar-refractivity contribution is 0.573. The summed E-state index contributed by atoms with van der Waals surface area (Å²) in [4.78, 5) is 4.60. The minimum Gasteiger partial charge on any atom is -0.398 e. The highest BCUT2D eigenvalue weighted by Crippen LogP contribution is 2.28. The fourth-order valence-corrected chi connectivity index (χ4v) is 2.47. The second-order valence-corrected chi connectivity index (χ2v) is 6.34. The highest BCUT2D eigenvalue weighted by molar-refractivity contribution is 7.13. The van der Waals surface area contributed by atoms with Crippen molar-refractivity contribution in [2.75, 3.05) is 11.1 Å². The number of nitrogens with two attached hydrogens (primary N) is 1. The third kappa shape index (κ3) is 2.82. The summed E-state index contributed by atoms with van der Waals surface area (Å²) in [6.07, 6.45) is 0. The number of thiazole rings is 1. The predicted octanol–water partition coefficient (Wildman–Crippen LogP) is 4.07. The van der Waals surface area contributed by atoms with Gasteiger partial charge in [-0.15, -0.1) is 11.3 Å². The van der Waals surface area contributed by atoms with E-state index in [0.29, 0.717) is 0 Å². The summed E-state index contributed by atoms with van der Waals surface area (Å²) in [5.74, 6) is 0. The van der Waals surface area contributed by atoms with Gasteiger partial charge in [0.2, 0.25) is 0 Å². The average Bonchev–Trinajstić information content (AvgIpc) is 2.72. The summed E-state index contributed by atoms with van der Waals surface area (Å²) in [6, 6.07) is 5.97. The standard InChI is InChI=1S/C14H19N3S/c1-9-5-6-10(7-11(9)15)16-13-17-12(8-18-13)14(2,3)4/h5-8H,15H2,1-4H3,(H,16,17). The van der Waals surface area contributed by atoms with Crippen molar-refractivity contribution in [2.24, 2.45) is 0 Å². The van der Waals surface area contributed by atoms with Crippen LogP contribution in [0.15, 0.2) is 23.6 Å². The quantitative estimate of drug-likeness (QED) is 0.801. The van der Waals surface area contributed by atoms with Crippen molar-refractivity contribution in [3.05, 3.63) is 34.8 Å². The molecule has 1 aromatic carbocycles. The van der Waals surface area contributed by atoms with Crippen molar-refractivity contribution in [3.63, 3.8) is 0 Å². The number of hydrogen-bond acceptors (Lipinski definition) is 4. The summed E-state index contributed by atoms with van der Waals surface area (Å²) in [6.45, 7) is 8.49. The molecule has 0 saturated carbocycles. The van der Waals surface area contributed by atoms with Crippen LogP contribution < -0.4 is 11.1 Å². The van der Waals surface area contributed by atoms with Crippen LogP contribution >= 0.6 is 11.3 Å². The second kappa shape index (κ2) is 4.61. The third-order valence-corrected chi connectivity index (χ3v) is 3.56. The molecule has 0 fully saturated rings. The van der Waals surface area contributed by atoms with Crippen LogP contribution in [0, 0.1) is 6.92 Å². The van der Waals surface area contributed by atoms with Gasteiger partial charge < -0.3 is 11.1 Å². The van der Waals surface area contributed by atoms with E-state index in [-0.39, 0.29) is 5.41 Å². The van der Waals surface area contributed by atoms with Crippen LogP contribution in [0.4, 0.5) is 16.5 Å². The number of aromatic nitrogens is 1. The van der Waals surface area contributed by atoms with Gasteiger partial charge in [0.1, 0.15) is 0 Å². The fraction of sp³-hybridized carbons (Fsp3) is 0.357. The normalized spacial score (nSPS) is 11.6. The minimum absolute atomic E-state index is 0.0860. The molecule has 0 unspecified atom stereocenters. The predicted molar refractivity (Wildman–Crippen MR) is 79.7 cm³/mol. The molecule has 0 saturated heterocycles. The van der Waals surface area contributed by atoms with Crippen molar-refractivity contribution in [1.29, 1.82) is 0 Å². The summed E-state index contributed by atoms with van der Waals surface area (Å²) >= 11 is 1.62. The van der Waals surface area contributed by atoms with Crippen LogP contribution in [-0.4, -0.2) is 4.98 Å². The van der Waals surface area contributed by atoms with Gasteiger partial charge in [-0.05, 0) is 24.6 Å². The number of nitrogens with zero attached hydrogens (tertiary/aromatic N) is 1. The lowest BCUT2D eigenvalue weighted by Crippen LogP contribution is -2.11. The van der Waals surface area contributed by atoms with Crippen molar-refractivity contribution < 1.29 is 0 Å². The van der Waals surface area contributed by atoms with E-state index in [1.165, 1.54) is 0 Å². The van der Waals surface area contributed by atoms with Gasteiger partial charge in [-0.1, -0.05) is 26.8 Å². The first-order valence-electron chi connectivity index (χ1n) is 5.95. The summed E-state index contributed by atoms with van der Waals surface area (Å²) in [5, 5.41) is 6.29. The summed E-state index contributed by atoms with van der Waals surface area (Å²) in [7, 11) is 0. The SMILES string of the molecule is Cc1ccc(Nc2nc(C(C)(C)C)cs2)cc1N. The largest absolute Gasteiger partial charge is 0.398 e. The number of nitrogens with one attached hydrogen (secondary N) is 1. The highest BCUT2D eigenvalue weighted by atomic mass is 32.1. The third-order valence-electron chi connectivity index (χ3n) is 2.80. The molecule has 0 atom stereocenters. The van der Waals surface area contributed by atoms with Crippen LogP contribution in [0.2, 0.25) is 0 Å². The van der Waals surface area contributed by atoms with E-state index in [0.717, 1.165) is 27.8 Å². The number of aryl methyl sites for hydroxylation is 1. The van der Waals surface area contributed by atoms with Gasteiger partial charge in [-0.3, -0.25) is 0 Å². The molecule has 1 aromatic heterocycles. The Morgan fingerprint density at radius 1 is 1.28 bits per heavy atom. The maximum absolute atomic E-state index is 5.89. The molecule has 3 nitrogen and oxygen atoms in total. The maximum atomic E-state index is 5.89. The molecule has 0 aliphatic rings. The molecule has 2 rings (SSSR count). The van der Waals surface area contributed by atoms with Crippen LogP contribution in [-0.2, 0) is 5.41 Å². The van der Waals surface area contributed by atoms with Gasteiger partial charge in [0, 0.05) is 22.2 Å². The Labute approximate surface area is 112 Å². The number of rotatable bonds is 2. The molecule has 1 heterocycles. The van der Waals surface area contributed by atoms with Crippen molar-refractivity contribution in [1.82, 2.24) is 4.98 Å². The molecular formula is C14H19N3S. The minimum atomic E-state index is 0.0860. The monoisotopic (exact) mass is 261 g/mol. The van der Waals surface area contributed by atoms with Crippen LogP contribution in [0.25, 0.3) is 0 Å². The smallest absolute Gasteiger partial charge is 0.187 e. The van der Waals surface area contributed by atoms with Crippen LogP contribution in [0.1, 0.15) is 32.0 Å². The van der Waals surface area contributed by atoms with E-state index in [9.17, 15) is 0 Å². The van der Waals surface area contributed by atoms with E-state index in [1.54, 1.807) is 11.3 Å². The molecule has 0 aliphatic heterocycles. The highest BCUT2D eigenvalue weighted by Gasteiger charge is 2.17. The zero-order valence-electron chi connectivity index (χ0n) is 11.2. The van der Waals surface area contributed by atoms with Crippen molar-refractivity contribution in [2.45, 2.75) is 33.1 Å². The van der Waals surface area contributed by atoms with E-state index in [1.807, 2.05) is 25.1 Å². The van der Waals surface area contributed by atoms with Gasteiger partial charge >= 0.3 is 0 Å². The lowest BCUT2D eigenvalue weighted by atomic mass is 9.93. The Morgan fingerprint density at radius 3 is 2.56 bits per heavy atom. The van der Waals surface area contributed by atoms with Crippen molar-refractivity contribution in [3.8, 4) is 0 Å². The van der Waals surface area contributed by atoms with E-state index in [4.69, 9.17) is 5.73 Å².